The third kappa shape index (κ3) is 2.48. The second kappa shape index (κ2) is 4.49. The fourth-order valence-corrected chi connectivity index (χ4v) is 2.19. The first-order chi connectivity index (χ1) is 8.49. The van der Waals surface area contributed by atoms with E-state index in [1.807, 2.05) is 0 Å². The molecule has 0 saturated heterocycles. The summed E-state index contributed by atoms with van der Waals surface area (Å²) in [5.41, 5.74) is 0.255. The van der Waals surface area contributed by atoms with Crippen molar-refractivity contribution in [1.29, 1.82) is 0 Å². The number of aromatic carboxylic acids is 1. The van der Waals surface area contributed by atoms with Gasteiger partial charge >= 0.3 is 5.97 Å². The molecule has 2 N–H and O–H groups in total. The Hall–Kier alpha value is -2.35. The topological polar surface area (TPSA) is 110 Å². The Morgan fingerprint density at radius 3 is 2.67 bits per heavy atom. The molecular formula is C10H8N2O5S. The normalized spacial score (nSPS) is 11.1. The third-order valence-corrected chi connectivity index (χ3v) is 3.22. The van der Waals surface area contributed by atoms with Crippen molar-refractivity contribution in [3.05, 3.63) is 42.4 Å². The summed E-state index contributed by atoms with van der Waals surface area (Å²) in [5, 5.41) is 8.17. The molecule has 0 atom stereocenters. The van der Waals surface area contributed by atoms with E-state index in [4.69, 9.17) is 9.52 Å². The van der Waals surface area contributed by atoms with E-state index < -0.39 is 26.8 Å². The lowest BCUT2D eigenvalue weighted by atomic mass is 10.4. The van der Waals surface area contributed by atoms with Crippen LogP contribution in [0.1, 0.15) is 10.6 Å². The first kappa shape index (κ1) is 12.1. The third-order valence-electron chi connectivity index (χ3n) is 1.97. The van der Waals surface area contributed by atoms with Crippen LogP contribution in [0.2, 0.25) is 0 Å². The molecule has 8 heteroatoms. The van der Waals surface area contributed by atoms with E-state index in [0.717, 1.165) is 12.1 Å². The molecule has 0 aliphatic carbocycles. The number of sulfonamides is 1. The number of rotatable bonds is 4. The van der Waals surface area contributed by atoms with Gasteiger partial charge in [-0.1, -0.05) is 0 Å². The van der Waals surface area contributed by atoms with Gasteiger partial charge in [0.1, 0.15) is 0 Å². The van der Waals surface area contributed by atoms with E-state index in [2.05, 4.69) is 9.71 Å². The lowest BCUT2D eigenvalue weighted by molar-refractivity contribution is 0.0656. The molecule has 2 aromatic rings. The molecular weight excluding hydrogens is 260 g/mol. The van der Waals surface area contributed by atoms with Crippen molar-refractivity contribution < 1.29 is 22.7 Å². The van der Waals surface area contributed by atoms with Gasteiger partial charge in [0.15, 0.2) is 0 Å². The summed E-state index contributed by atoms with van der Waals surface area (Å²) >= 11 is 0. The minimum Gasteiger partial charge on any atom is -0.475 e. The molecule has 18 heavy (non-hydrogen) atoms. The van der Waals surface area contributed by atoms with Crippen LogP contribution in [0.3, 0.4) is 0 Å². The second-order valence-electron chi connectivity index (χ2n) is 3.27. The molecule has 0 amide bonds. The number of nitrogens with one attached hydrogen (secondary N) is 1. The average molecular weight is 268 g/mol. The highest BCUT2D eigenvalue weighted by Crippen LogP contribution is 2.17. The number of carboxylic acid groups (broad SMARTS) is 1. The van der Waals surface area contributed by atoms with Gasteiger partial charge in [-0.2, -0.15) is 8.42 Å². The molecule has 0 saturated carbocycles. The summed E-state index contributed by atoms with van der Waals surface area (Å²) < 4.78 is 30.5. The van der Waals surface area contributed by atoms with Crippen LogP contribution in [-0.4, -0.2) is 24.5 Å². The van der Waals surface area contributed by atoms with Crippen LogP contribution < -0.4 is 4.72 Å². The number of nitrogens with zero attached hydrogens (tertiary/aromatic N) is 1. The molecule has 2 heterocycles. The quantitative estimate of drug-likeness (QED) is 0.861. The standard InChI is InChI=1S/C10H8N2O5S/c13-10(14)8-3-4-9(17-8)18(15,16)12-7-2-1-5-11-6-7/h1-6,12H,(H,13,14). The summed E-state index contributed by atoms with van der Waals surface area (Å²) in [5.74, 6) is -1.78. The smallest absolute Gasteiger partial charge is 0.371 e. The van der Waals surface area contributed by atoms with Gasteiger partial charge in [0, 0.05) is 6.20 Å². The number of furan rings is 1. The summed E-state index contributed by atoms with van der Waals surface area (Å²) in [6.45, 7) is 0. The largest absolute Gasteiger partial charge is 0.475 e. The second-order valence-corrected chi connectivity index (χ2v) is 4.88. The van der Waals surface area contributed by atoms with Gasteiger partial charge in [-0.15, -0.1) is 0 Å². The van der Waals surface area contributed by atoms with Crippen molar-refractivity contribution in [3.63, 3.8) is 0 Å². The molecule has 7 nitrogen and oxygen atoms in total. The Labute approximate surface area is 102 Å². The maximum absolute atomic E-state index is 11.8. The monoisotopic (exact) mass is 268 g/mol. The molecule has 0 fully saturated rings. The highest BCUT2D eigenvalue weighted by Gasteiger charge is 2.20. The minimum absolute atomic E-state index is 0.255. The van der Waals surface area contributed by atoms with Gasteiger partial charge in [-0.3, -0.25) is 9.71 Å². The van der Waals surface area contributed by atoms with Crippen LogP contribution in [0, 0.1) is 0 Å². The average Bonchev–Trinajstić information content (AvgIpc) is 2.79. The van der Waals surface area contributed by atoms with Crippen LogP contribution in [0.15, 0.2) is 46.2 Å². The number of aromatic nitrogens is 1. The molecule has 2 aromatic heterocycles. The minimum atomic E-state index is -3.95. The lowest BCUT2D eigenvalue weighted by Gasteiger charge is -2.04. The van der Waals surface area contributed by atoms with E-state index in [1.165, 1.54) is 18.5 Å². The van der Waals surface area contributed by atoms with E-state index in [9.17, 15) is 13.2 Å². The van der Waals surface area contributed by atoms with Crippen molar-refractivity contribution in [2.45, 2.75) is 5.09 Å². The summed E-state index contributed by atoms with van der Waals surface area (Å²) in [7, 11) is -3.95. The fourth-order valence-electron chi connectivity index (χ4n) is 1.21. The number of hydrogen-bond donors (Lipinski definition) is 2. The number of carbonyl (C=O) groups is 1. The zero-order valence-electron chi connectivity index (χ0n) is 8.90. The highest BCUT2D eigenvalue weighted by molar-refractivity contribution is 7.92. The Balaban J connectivity index is 2.28. The van der Waals surface area contributed by atoms with Crippen LogP contribution in [-0.2, 0) is 10.0 Å². The summed E-state index contributed by atoms with van der Waals surface area (Å²) in [6.07, 6.45) is 2.81. The Kier molecular flexibility index (Phi) is 3.02. The van der Waals surface area contributed by atoms with Gasteiger partial charge < -0.3 is 9.52 Å². The molecule has 0 aliphatic rings. The maximum Gasteiger partial charge on any atom is 0.371 e. The zero-order chi connectivity index (χ0) is 13.2. The van der Waals surface area contributed by atoms with E-state index in [-0.39, 0.29) is 5.69 Å². The summed E-state index contributed by atoms with van der Waals surface area (Å²) in [6, 6.07) is 5.20. The summed E-state index contributed by atoms with van der Waals surface area (Å²) in [4.78, 5) is 14.3. The SMILES string of the molecule is O=C(O)c1ccc(S(=O)(=O)Nc2cccnc2)o1. The predicted molar refractivity (Wildman–Crippen MR) is 60.7 cm³/mol. The van der Waals surface area contributed by atoms with Gasteiger partial charge in [0.2, 0.25) is 10.9 Å². The highest BCUT2D eigenvalue weighted by atomic mass is 32.2. The maximum atomic E-state index is 11.8. The Morgan fingerprint density at radius 2 is 2.11 bits per heavy atom. The van der Waals surface area contributed by atoms with Gasteiger partial charge in [-0.05, 0) is 24.3 Å². The van der Waals surface area contributed by atoms with Crippen molar-refractivity contribution >= 4 is 21.7 Å². The molecule has 0 radical (unpaired) electrons. The van der Waals surface area contributed by atoms with Crippen molar-refractivity contribution in [1.82, 2.24) is 4.98 Å². The molecule has 94 valence electrons. The number of carboxylic acids is 1. The van der Waals surface area contributed by atoms with Crippen molar-refractivity contribution in [3.8, 4) is 0 Å². The lowest BCUT2D eigenvalue weighted by Crippen LogP contribution is -2.12. The van der Waals surface area contributed by atoms with Crippen LogP contribution in [0.4, 0.5) is 5.69 Å². The van der Waals surface area contributed by atoms with Crippen molar-refractivity contribution in [2.24, 2.45) is 0 Å². The molecule has 0 unspecified atom stereocenters. The van der Waals surface area contributed by atoms with Gasteiger partial charge in [0.05, 0.1) is 11.9 Å². The number of hydrogen-bond acceptors (Lipinski definition) is 5. The molecule has 0 spiro atoms. The van der Waals surface area contributed by atoms with E-state index in [0.29, 0.717) is 0 Å². The van der Waals surface area contributed by atoms with Crippen LogP contribution in [0.5, 0.6) is 0 Å². The Bertz CT molecular complexity index is 663. The molecule has 0 aromatic carbocycles. The van der Waals surface area contributed by atoms with Gasteiger partial charge in [0.25, 0.3) is 10.0 Å². The predicted octanol–water partition coefficient (Wildman–Crippen LogP) is 1.17. The van der Waals surface area contributed by atoms with Crippen LogP contribution >= 0.6 is 0 Å². The van der Waals surface area contributed by atoms with Crippen LogP contribution in [0.25, 0.3) is 0 Å². The number of anilines is 1. The zero-order valence-corrected chi connectivity index (χ0v) is 9.72. The van der Waals surface area contributed by atoms with E-state index >= 15 is 0 Å². The first-order valence-corrected chi connectivity index (χ1v) is 6.23. The van der Waals surface area contributed by atoms with Crippen molar-refractivity contribution in [2.75, 3.05) is 4.72 Å². The van der Waals surface area contributed by atoms with Gasteiger partial charge in [-0.25, -0.2) is 4.79 Å². The number of pyridine rings is 1. The van der Waals surface area contributed by atoms with E-state index in [1.54, 1.807) is 6.07 Å². The first-order valence-electron chi connectivity index (χ1n) is 4.75. The Morgan fingerprint density at radius 1 is 1.33 bits per heavy atom. The molecule has 0 bridgehead atoms. The molecule has 0 aliphatic heterocycles. The molecule has 2 rings (SSSR count). The fraction of sp³-hybridized carbons (Fsp3) is 0.